The molecule has 2 aromatic rings. The average molecular weight is 459 g/mol. The van der Waals surface area contributed by atoms with Crippen molar-refractivity contribution in [3.63, 3.8) is 0 Å². The number of benzene rings is 1. The van der Waals surface area contributed by atoms with Gasteiger partial charge in [-0.2, -0.15) is 4.31 Å². The van der Waals surface area contributed by atoms with Crippen LogP contribution >= 0.6 is 0 Å². The Labute approximate surface area is 189 Å². The summed E-state index contributed by atoms with van der Waals surface area (Å²) >= 11 is 0. The minimum absolute atomic E-state index is 0.166. The lowest BCUT2D eigenvalue weighted by Gasteiger charge is -2.31. The Morgan fingerprint density at radius 3 is 2.44 bits per heavy atom. The minimum Gasteiger partial charge on any atom is -0.497 e. The topological polar surface area (TPSA) is 91.8 Å². The minimum atomic E-state index is -3.66. The summed E-state index contributed by atoms with van der Waals surface area (Å²) in [4.78, 5) is 19.8. The van der Waals surface area contributed by atoms with Crippen LogP contribution in [0.25, 0.3) is 0 Å². The van der Waals surface area contributed by atoms with Crippen LogP contribution in [0.5, 0.6) is 5.75 Å². The maximum Gasteiger partial charge on any atom is 0.243 e. The van der Waals surface area contributed by atoms with E-state index >= 15 is 0 Å². The van der Waals surface area contributed by atoms with E-state index in [0.29, 0.717) is 30.8 Å². The Bertz CT molecular complexity index is 1020. The highest BCUT2D eigenvalue weighted by molar-refractivity contribution is 7.89. The Hall–Kier alpha value is -2.65. The van der Waals surface area contributed by atoms with Crippen molar-refractivity contribution in [3.8, 4) is 5.75 Å². The third-order valence-electron chi connectivity index (χ3n) is 6.15. The number of nitrogens with one attached hydrogen (secondary N) is 1. The highest BCUT2D eigenvalue weighted by Gasteiger charge is 2.33. The Morgan fingerprint density at radius 1 is 1.03 bits per heavy atom. The zero-order chi connectivity index (χ0) is 22.6. The molecule has 1 amide bonds. The lowest BCUT2D eigenvalue weighted by Crippen LogP contribution is -2.43. The van der Waals surface area contributed by atoms with E-state index < -0.39 is 15.9 Å². The predicted molar refractivity (Wildman–Crippen MR) is 123 cm³/mol. The van der Waals surface area contributed by atoms with Gasteiger partial charge in [0.1, 0.15) is 11.6 Å². The second-order valence-electron chi connectivity index (χ2n) is 8.32. The summed E-state index contributed by atoms with van der Waals surface area (Å²) in [7, 11) is -2.13. The van der Waals surface area contributed by atoms with Crippen LogP contribution in [0.4, 0.5) is 11.5 Å². The van der Waals surface area contributed by atoms with Crippen LogP contribution in [0.15, 0.2) is 47.5 Å². The number of nitrogens with zero attached hydrogens (tertiary/aromatic N) is 3. The third kappa shape index (κ3) is 5.05. The number of methoxy groups -OCH3 is 1. The molecule has 8 nitrogen and oxygen atoms in total. The molecule has 9 heteroatoms. The Balaban J connectivity index is 1.38. The standard InChI is InChI=1S/C23H30N4O4S/c1-31-20-8-10-21(11-9-20)32(29,30)27-15-5-6-18(17-27)23(28)25-19-7-12-22(24-16-19)26-13-3-2-4-14-26/h7-12,16,18H,2-6,13-15,17H2,1H3,(H,25,28). The number of carbonyl (C=O) groups is 1. The van der Waals surface area contributed by atoms with Crippen LogP contribution in [-0.2, 0) is 14.8 Å². The van der Waals surface area contributed by atoms with Crippen molar-refractivity contribution in [2.45, 2.75) is 37.0 Å². The number of ether oxygens (including phenoxy) is 1. The number of piperidine rings is 2. The van der Waals surface area contributed by atoms with Gasteiger partial charge >= 0.3 is 0 Å². The molecule has 1 aromatic heterocycles. The van der Waals surface area contributed by atoms with Crippen LogP contribution in [0.3, 0.4) is 0 Å². The van der Waals surface area contributed by atoms with E-state index in [1.165, 1.54) is 42.8 Å². The van der Waals surface area contributed by atoms with Gasteiger partial charge in [0.15, 0.2) is 0 Å². The number of aromatic nitrogens is 1. The Morgan fingerprint density at radius 2 is 1.78 bits per heavy atom. The van der Waals surface area contributed by atoms with Gasteiger partial charge in [-0.3, -0.25) is 4.79 Å². The molecule has 32 heavy (non-hydrogen) atoms. The summed E-state index contributed by atoms with van der Waals surface area (Å²) in [6, 6.07) is 10.1. The maximum atomic E-state index is 13.0. The quantitative estimate of drug-likeness (QED) is 0.715. The van der Waals surface area contributed by atoms with Crippen LogP contribution in [0.1, 0.15) is 32.1 Å². The molecule has 1 atom stereocenters. The first-order valence-corrected chi connectivity index (χ1v) is 12.6. The summed E-state index contributed by atoms with van der Waals surface area (Å²) < 4.78 is 32.6. The molecular formula is C23H30N4O4S. The fourth-order valence-corrected chi connectivity index (χ4v) is 5.81. The van der Waals surface area contributed by atoms with Gasteiger partial charge in [-0.15, -0.1) is 0 Å². The SMILES string of the molecule is COc1ccc(S(=O)(=O)N2CCCC(C(=O)Nc3ccc(N4CCCCC4)nc3)C2)cc1. The summed E-state index contributed by atoms with van der Waals surface area (Å²) in [6.45, 7) is 2.60. The second kappa shape index (κ2) is 9.87. The summed E-state index contributed by atoms with van der Waals surface area (Å²) in [5, 5.41) is 2.91. The number of rotatable bonds is 6. The van der Waals surface area contributed by atoms with Crippen molar-refractivity contribution >= 4 is 27.4 Å². The van der Waals surface area contributed by atoms with Crippen LogP contribution < -0.4 is 15.0 Å². The normalized spacial score (nSPS) is 20.0. The summed E-state index contributed by atoms with van der Waals surface area (Å²) in [6.07, 6.45) is 6.59. The van der Waals surface area contributed by atoms with Gasteiger partial charge < -0.3 is 15.0 Å². The Kier molecular flexibility index (Phi) is 6.95. The fourth-order valence-electron chi connectivity index (χ4n) is 4.29. The van der Waals surface area contributed by atoms with E-state index in [0.717, 1.165) is 18.9 Å². The number of carbonyl (C=O) groups excluding carboxylic acids is 1. The lowest BCUT2D eigenvalue weighted by molar-refractivity contribution is -0.120. The van der Waals surface area contributed by atoms with Crippen molar-refractivity contribution in [3.05, 3.63) is 42.6 Å². The molecule has 0 spiro atoms. The molecule has 2 saturated heterocycles. The van der Waals surface area contributed by atoms with E-state index in [1.807, 2.05) is 12.1 Å². The number of hydrogen-bond acceptors (Lipinski definition) is 6. The molecule has 2 aliphatic heterocycles. The van der Waals surface area contributed by atoms with E-state index in [4.69, 9.17) is 4.74 Å². The molecule has 2 aliphatic rings. The molecule has 1 aromatic carbocycles. The van der Waals surface area contributed by atoms with Gasteiger partial charge in [-0.05, 0) is 68.5 Å². The monoisotopic (exact) mass is 458 g/mol. The lowest BCUT2D eigenvalue weighted by atomic mass is 9.99. The van der Waals surface area contributed by atoms with Crippen LogP contribution in [0.2, 0.25) is 0 Å². The van der Waals surface area contributed by atoms with Crippen LogP contribution in [-0.4, -0.2) is 56.9 Å². The molecule has 0 bridgehead atoms. The number of anilines is 2. The number of sulfonamides is 1. The first-order chi connectivity index (χ1) is 15.5. The maximum absolute atomic E-state index is 13.0. The molecule has 2 fully saturated rings. The van der Waals surface area contributed by atoms with E-state index in [-0.39, 0.29) is 17.3 Å². The first-order valence-electron chi connectivity index (χ1n) is 11.1. The molecule has 172 valence electrons. The van der Waals surface area contributed by atoms with E-state index in [1.54, 1.807) is 18.3 Å². The van der Waals surface area contributed by atoms with Gasteiger partial charge in [0.25, 0.3) is 0 Å². The van der Waals surface area contributed by atoms with E-state index in [2.05, 4.69) is 15.2 Å². The smallest absolute Gasteiger partial charge is 0.243 e. The highest BCUT2D eigenvalue weighted by Crippen LogP contribution is 2.26. The van der Waals surface area contributed by atoms with E-state index in [9.17, 15) is 13.2 Å². The number of pyridine rings is 1. The summed E-state index contributed by atoms with van der Waals surface area (Å²) in [5.74, 6) is 0.947. The van der Waals surface area contributed by atoms with Crippen molar-refractivity contribution < 1.29 is 17.9 Å². The number of amides is 1. The van der Waals surface area contributed by atoms with Crippen molar-refractivity contribution in [1.82, 2.24) is 9.29 Å². The highest BCUT2D eigenvalue weighted by atomic mass is 32.2. The van der Waals surface area contributed by atoms with Crippen molar-refractivity contribution in [2.24, 2.45) is 5.92 Å². The van der Waals surface area contributed by atoms with Gasteiger partial charge in [0, 0.05) is 26.2 Å². The molecule has 0 radical (unpaired) electrons. The molecule has 0 aliphatic carbocycles. The average Bonchev–Trinajstić information content (AvgIpc) is 2.85. The fraction of sp³-hybridized carbons (Fsp3) is 0.478. The van der Waals surface area contributed by atoms with Gasteiger partial charge in [0.05, 0.1) is 29.8 Å². The molecule has 1 N–H and O–H groups in total. The third-order valence-corrected chi connectivity index (χ3v) is 8.03. The second-order valence-corrected chi connectivity index (χ2v) is 10.3. The summed E-state index contributed by atoms with van der Waals surface area (Å²) in [5.41, 5.74) is 0.630. The first kappa shape index (κ1) is 22.5. The molecular weight excluding hydrogens is 428 g/mol. The van der Waals surface area contributed by atoms with Gasteiger partial charge in [-0.1, -0.05) is 0 Å². The molecule has 3 heterocycles. The zero-order valence-electron chi connectivity index (χ0n) is 18.4. The van der Waals surface area contributed by atoms with Crippen molar-refractivity contribution in [2.75, 3.05) is 43.5 Å². The molecule has 0 saturated carbocycles. The largest absolute Gasteiger partial charge is 0.497 e. The number of hydrogen-bond donors (Lipinski definition) is 1. The molecule has 1 unspecified atom stereocenters. The predicted octanol–water partition coefficient (Wildman–Crippen LogP) is 3.12. The van der Waals surface area contributed by atoms with Gasteiger partial charge in [0.2, 0.25) is 15.9 Å². The van der Waals surface area contributed by atoms with Crippen molar-refractivity contribution in [1.29, 1.82) is 0 Å². The van der Waals surface area contributed by atoms with Gasteiger partial charge in [-0.25, -0.2) is 13.4 Å². The zero-order valence-corrected chi connectivity index (χ0v) is 19.2. The molecule has 4 rings (SSSR count). The van der Waals surface area contributed by atoms with Crippen LogP contribution in [0, 0.1) is 5.92 Å².